The van der Waals surface area contributed by atoms with Crippen LogP contribution in [0.3, 0.4) is 0 Å². The number of hydrogen-bond donors (Lipinski definition) is 6. The highest BCUT2D eigenvalue weighted by atomic mass is 16.5. The second-order valence-electron chi connectivity index (χ2n) is 28.3. The monoisotopic (exact) mass is 1880 g/mol. The highest BCUT2D eigenvalue weighted by Crippen LogP contribution is 2.40. The number of esters is 6. The molecule has 62 nitrogen and oxygen atoms in total. The van der Waals surface area contributed by atoms with Gasteiger partial charge < -0.3 is 80.8 Å². The molecule has 708 valence electrons. The lowest BCUT2D eigenvalue weighted by molar-refractivity contribution is 0.0511. The normalized spacial score (nSPS) is 11.6. The number of methoxy groups -OCH3 is 3. The van der Waals surface area contributed by atoms with Crippen molar-refractivity contribution in [3.63, 3.8) is 0 Å². The zero-order chi connectivity index (χ0) is 99.0. The van der Waals surface area contributed by atoms with E-state index in [2.05, 4.69) is 162 Å². The van der Waals surface area contributed by atoms with Gasteiger partial charge in [0.2, 0.25) is 34.4 Å². The first-order valence-corrected chi connectivity index (χ1v) is 40.1. The van der Waals surface area contributed by atoms with Crippen LogP contribution in [0.25, 0.3) is 34.9 Å². The van der Waals surface area contributed by atoms with Gasteiger partial charge in [-0.05, 0) is 76.2 Å². The van der Waals surface area contributed by atoms with Crippen molar-refractivity contribution < 1.29 is 66.0 Å². The van der Waals surface area contributed by atoms with Gasteiger partial charge in [-0.3, -0.25) is 0 Å². The van der Waals surface area contributed by atoms with Crippen LogP contribution >= 0.6 is 0 Å². The number of nitrogens with zero attached hydrogens (tertiary/aromatic N) is 42. The average Bonchev–Trinajstić information content (AvgIpc) is 1.63. The quantitative estimate of drug-likeness (QED) is 0.0159. The summed E-state index contributed by atoms with van der Waals surface area (Å²) in [7, 11) is 10.1. The highest BCUT2D eigenvalue weighted by Gasteiger charge is 2.31. The lowest BCUT2D eigenvalue weighted by atomic mass is 10.4. The number of imidazole rings is 2. The van der Waals surface area contributed by atoms with Gasteiger partial charge in [0.1, 0.15) is 30.6 Å². The zero-order valence-corrected chi connectivity index (χ0v) is 76.5. The van der Waals surface area contributed by atoms with Gasteiger partial charge >= 0.3 is 35.8 Å². The molecule has 0 atom stereocenters. The third kappa shape index (κ3) is 19.4. The Morgan fingerprint density at radius 3 is 0.803 bits per heavy atom. The molecule has 0 aliphatic carbocycles. The fourth-order valence-corrected chi connectivity index (χ4v) is 12.3. The number of azo groups is 6. The molecule has 15 aromatic rings. The minimum absolute atomic E-state index is 0.0329. The van der Waals surface area contributed by atoms with E-state index in [-0.39, 0.29) is 205 Å². The summed E-state index contributed by atoms with van der Waals surface area (Å²) in [6.07, 6.45) is 3.84. The van der Waals surface area contributed by atoms with E-state index in [1.54, 1.807) is 133 Å². The first-order valence-electron chi connectivity index (χ1n) is 40.1. The largest absolute Gasteiger partial charge is 0.464 e. The summed E-state index contributed by atoms with van der Waals surface area (Å²) in [5.41, 5.74) is 41.8. The molecule has 0 saturated heterocycles. The molecule has 0 radical (unpaired) electrons. The second-order valence-corrected chi connectivity index (χ2v) is 28.3. The highest BCUT2D eigenvalue weighted by molar-refractivity contribution is 5.95. The van der Waals surface area contributed by atoms with Crippen LogP contribution in [-0.4, -0.2) is 225 Å². The standard InChI is InChI=1S/C28H34N16O4.C25H26N14O6.C22H24N18O4/c1-9-47-27(45)21-25(41(7)15(5)33-21)37-35-19-13(3)39-43(23(19)29)17-11-18(32-12-31-17)44-24(30)20(14(4)40-44)36-38-26-22(28(46)48-10-2)34-16(6)42(26)8;1-7-43-25(41)19-23(45-13(5)31-19)35-33-17-11(3)37-39(21(17)27)15-8-14(28-9-29-15)38-20(26)16(10(2)36-38)32-34-22-18(24(40)42-6)30-12(4)44-22;1-9-13(27-31-19-15(21(41)43-5)29-35-37(19)3)17(23)39(33-9)11-7-12(26-8-25-11)40-18(24)14(10(2)34-40)28-32-20-16(22(42)44-6)30-36-38(20)4/h11-12H,9-10,29-30H2,1-8H3;8-9H,7,26-27H2,1-6H3;7-8H,23-24H2,1-6H3. The first-order chi connectivity index (χ1) is 65.4. The predicted octanol–water partition coefficient (Wildman–Crippen LogP) is 9.20. The van der Waals surface area contributed by atoms with E-state index < -0.39 is 35.8 Å². The van der Waals surface area contributed by atoms with Gasteiger partial charge in [-0.2, -0.15) is 58.7 Å². The van der Waals surface area contributed by atoms with Crippen molar-refractivity contribution in [1.29, 1.82) is 0 Å². The van der Waals surface area contributed by atoms with Crippen LogP contribution < -0.4 is 34.4 Å². The molecule has 0 aliphatic rings. The summed E-state index contributed by atoms with van der Waals surface area (Å²) in [5.74, 6) is -0.188. The minimum atomic E-state index is -0.734. The van der Waals surface area contributed by atoms with Crippen molar-refractivity contribution in [2.45, 2.75) is 90.0 Å². The summed E-state index contributed by atoms with van der Waals surface area (Å²) in [5, 5.41) is 91.7. The smallest absolute Gasteiger partial charge is 0.362 e. The topological polar surface area (TPSA) is 796 Å². The molecule has 15 rings (SSSR count). The van der Waals surface area contributed by atoms with Gasteiger partial charge in [-0.15, -0.1) is 71.6 Å². The maximum Gasteiger partial charge on any atom is 0.362 e. The number of nitrogens with two attached hydrogens (primary N) is 6. The van der Waals surface area contributed by atoms with E-state index in [4.69, 9.17) is 71.7 Å². The van der Waals surface area contributed by atoms with Crippen molar-refractivity contribution in [1.82, 2.24) is 148 Å². The molecular formula is C75H84N48O14. The number of aromatic nitrogens is 30. The number of hydrogen-bond acceptors (Lipinski definition) is 52. The maximum absolute atomic E-state index is 12.4. The molecule has 62 heteroatoms. The van der Waals surface area contributed by atoms with E-state index in [9.17, 15) is 28.8 Å². The molecule has 0 bridgehead atoms. The van der Waals surface area contributed by atoms with Crippen molar-refractivity contribution in [3.8, 4) is 34.9 Å². The third-order valence-corrected chi connectivity index (χ3v) is 19.2. The Morgan fingerprint density at radius 1 is 0.314 bits per heavy atom. The number of carbonyl (C=O) groups excluding carboxylic acids is 6. The average molecular weight is 1880 g/mol. The summed E-state index contributed by atoms with van der Waals surface area (Å²) in [6, 6.07) is 4.63. The minimum Gasteiger partial charge on any atom is -0.464 e. The molecule has 0 unspecified atom stereocenters. The van der Waals surface area contributed by atoms with E-state index in [0.29, 0.717) is 45.8 Å². The predicted molar refractivity (Wildman–Crippen MR) is 471 cm³/mol. The van der Waals surface area contributed by atoms with E-state index in [0.717, 1.165) is 0 Å². The Morgan fingerprint density at radius 2 is 0.547 bits per heavy atom. The van der Waals surface area contributed by atoms with Crippen LogP contribution in [0.5, 0.6) is 0 Å². The van der Waals surface area contributed by atoms with Crippen molar-refractivity contribution in [2.24, 2.45) is 89.6 Å². The molecule has 15 aromatic heterocycles. The Labute approximate surface area is 769 Å². The Kier molecular flexibility index (Phi) is 27.9. The molecule has 0 saturated carbocycles. The van der Waals surface area contributed by atoms with E-state index in [1.807, 2.05) is 0 Å². The van der Waals surface area contributed by atoms with Gasteiger partial charge in [0.25, 0.3) is 11.8 Å². The van der Waals surface area contributed by atoms with Gasteiger partial charge in [0.05, 0.1) is 75.3 Å². The number of carbonyl (C=O) groups is 6. The van der Waals surface area contributed by atoms with Crippen LogP contribution in [0.2, 0.25) is 0 Å². The van der Waals surface area contributed by atoms with Crippen LogP contribution in [0.15, 0.2) is 107 Å². The van der Waals surface area contributed by atoms with Crippen LogP contribution in [-0.2, 0) is 56.6 Å². The molecule has 0 aromatic carbocycles. The zero-order valence-electron chi connectivity index (χ0n) is 76.5. The lowest BCUT2D eigenvalue weighted by Crippen LogP contribution is -2.09. The summed E-state index contributed by atoms with van der Waals surface area (Å²) >= 11 is 0. The number of anilines is 6. The number of oxazole rings is 2. The SMILES string of the molecule is CCOC(=O)c1nc(C)n(C)c1N=Nc1c(C)nn(-c2cc(-n3nc(C)c(N=Nc4c(C(=O)OCC)nc(C)n4C)c3N)ncn2)c1N.CCOC(=O)c1nc(C)oc1N=Nc1c(C)nn(-c2cc(-n3nc(C)c(N=Nc4oc(C)nc4C(=O)OC)c3N)ncn2)c1N.COC(=O)c1nnn(C)c1N=Nc1c(C)nn(-c2cc(-n3nc(C)c(N=Nc4c(C(=O)OC)nnn4C)c3N)ncn2)c1N. The van der Waals surface area contributed by atoms with Gasteiger partial charge in [-0.25, -0.2) is 88.0 Å². The van der Waals surface area contributed by atoms with Crippen molar-refractivity contribution >= 4 is 140 Å². The number of nitrogen functional groups attached to an aromatic ring is 6. The molecule has 0 aliphatic heterocycles. The molecule has 0 spiro atoms. The summed E-state index contributed by atoms with van der Waals surface area (Å²) in [6.45, 7) is 22.2. The van der Waals surface area contributed by atoms with Gasteiger partial charge in [-0.1, -0.05) is 10.4 Å². The Hall–Kier alpha value is -19.2. The molecule has 15 heterocycles. The molecular weight excluding hydrogens is 1800 g/mol. The molecule has 0 amide bonds. The fraction of sp³-hybridized carbons (Fsp3) is 0.307. The van der Waals surface area contributed by atoms with Gasteiger partial charge in [0, 0.05) is 60.2 Å². The third-order valence-electron chi connectivity index (χ3n) is 19.2. The van der Waals surface area contributed by atoms with Crippen molar-refractivity contribution in [2.75, 3.05) is 75.6 Å². The second kappa shape index (κ2) is 40.1. The fourth-order valence-electron chi connectivity index (χ4n) is 12.3. The molecule has 137 heavy (non-hydrogen) atoms. The lowest BCUT2D eigenvalue weighted by Gasteiger charge is -2.06. The van der Waals surface area contributed by atoms with Crippen molar-refractivity contribution in [3.05, 3.63) is 129 Å². The summed E-state index contributed by atoms with van der Waals surface area (Å²) < 4.78 is 53.9. The number of aryl methyl sites for hydroxylation is 12. The number of ether oxygens (including phenoxy) is 6. The van der Waals surface area contributed by atoms with Crippen LogP contribution in [0, 0.1) is 69.2 Å². The number of rotatable bonds is 27. The van der Waals surface area contributed by atoms with Gasteiger partial charge in [0.15, 0.2) is 139 Å². The Balaban J connectivity index is 0.000000174. The van der Waals surface area contributed by atoms with Crippen LogP contribution in [0.1, 0.15) is 141 Å². The van der Waals surface area contributed by atoms with Crippen LogP contribution in [0.4, 0.5) is 104 Å². The summed E-state index contributed by atoms with van der Waals surface area (Å²) in [4.78, 5) is 115. The van der Waals surface area contributed by atoms with E-state index in [1.165, 1.54) is 89.9 Å². The first kappa shape index (κ1) is 95.4. The van der Waals surface area contributed by atoms with E-state index >= 15 is 0 Å². The molecule has 0 fully saturated rings. The Bertz CT molecular complexity index is 7120. The molecule has 12 N–H and O–H groups in total. The maximum atomic E-state index is 12.4.